The molecule has 33 heavy (non-hydrogen) atoms. The Balaban J connectivity index is 1.62. The molecule has 0 fully saturated rings. The van der Waals surface area contributed by atoms with Gasteiger partial charge in [0.05, 0.1) is 23.6 Å². The first-order valence-corrected chi connectivity index (χ1v) is 11.7. The standard InChI is InChI=1S/C24H20Cl2N4O2S/c1-15-7-12-21(32-2)20(13-15)27-22(31)14-33-24-29-28-23(18-5-3-4-6-19(18)26)30(24)17-10-8-16(25)9-11-17/h3-13H,14H2,1-2H3,(H,27,31). The zero-order valence-corrected chi connectivity index (χ0v) is 20.2. The summed E-state index contributed by atoms with van der Waals surface area (Å²) in [7, 11) is 1.57. The molecule has 168 valence electrons. The average molecular weight is 499 g/mol. The number of anilines is 1. The molecule has 0 bridgehead atoms. The third-order valence-electron chi connectivity index (χ3n) is 4.79. The van der Waals surface area contributed by atoms with Gasteiger partial charge in [-0.25, -0.2) is 0 Å². The summed E-state index contributed by atoms with van der Waals surface area (Å²) in [6, 6.07) is 20.4. The molecule has 0 saturated carbocycles. The van der Waals surface area contributed by atoms with Crippen LogP contribution >= 0.6 is 35.0 Å². The minimum absolute atomic E-state index is 0.130. The van der Waals surface area contributed by atoms with Crippen LogP contribution in [0.25, 0.3) is 17.1 Å². The van der Waals surface area contributed by atoms with Crippen LogP contribution in [-0.4, -0.2) is 33.5 Å². The molecule has 9 heteroatoms. The second-order valence-corrected chi connectivity index (χ2v) is 8.92. The van der Waals surface area contributed by atoms with E-state index < -0.39 is 0 Å². The van der Waals surface area contributed by atoms with Gasteiger partial charge in [0.1, 0.15) is 5.75 Å². The molecule has 0 atom stereocenters. The molecule has 3 aromatic carbocycles. The first-order chi connectivity index (χ1) is 16.0. The van der Waals surface area contributed by atoms with Crippen molar-refractivity contribution < 1.29 is 9.53 Å². The normalized spacial score (nSPS) is 10.8. The molecule has 0 radical (unpaired) electrons. The van der Waals surface area contributed by atoms with Crippen LogP contribution in [0.2, 0.25) is 10.0 Å². The minimum Gasteiger partial charge on any atom is -0.495 e. The number of carbonyl (C=O) groups excluding carboxylic acids is 1. The summed E-state index contributed by atoms with van der Waals surface area (Å²) in [5.41, 5.74) is 3.19. The molecular formula is C24H20Cl2N4O2S. The highest BCUT2D eigenvalue weighted by atomic mass is 35.5. The summed E-state index contributed by atoms with van der Waals surface area (Å²) >= 11 is 13.8. The summed E-state index contributed by atoms with van der Waals surface area (Å²) in [4.78, 5) is 12.7. The van der Waals surface area contributed by atoms with E-state index in [1.54, 1.807) is 25.3 Å². The largest absolute Gasteiger partial charge is 0.495 e. The number of rotatable bonds is 7. The van der Waals surface area contributed by atoms with Gasteiger partial charge in [-0.2, -0.15) is 0 Å². The Kier molecular flexibility index (Phi) is 7.23. The van der Waals surface area contributed by atoms with E-state index in [-0.39, 0.29) is 11.7 Å². The van der Waals surface area contributed by atoms with E-state index in [9.17, 15) is 4.79 Å². The quantitative estimate of drug-likeness (QED) is 0.303. The second kappa shape index (κ2) is 10.3. The van der Waals surface area contributed by atoms with Gasteiger partial charge in [0, 0.05) is 16.3 Å². The lowest BCUT2D eigenvalue weighted by Crippen LogP contribution is -2.15. The molecule has 1 aromatic heterocycles. The SMILES string of the molecule is COc1ccc(C)cc1NC(=O)CSc1nnc(-c2ccccc2Cl)n1-c1ccc(Cl)cc1. The maximum Gasteiger partial charge on any atom is 0.234 e. The molecular weight excluding hydrogens is 479 g/mol. The smallest absolute Gasteiger partial charge is 0.234 e. The van der Waals surface area contributed by atoms with Gasteiger partial charge in [-0.1, -0.05) is 53.2 Å². The Morgan fingerprint density at radius 1 is 1.06 bits per heavy atom. The van der Waals surface area contributed by atoms with Crippen LogP contribution < -0.4 is 10.1 Å². The van der Waals surface area contributed by atoms with E-state index in [1.807, 2.05) is 60.0 Å². The Labute approximate surface area is 205 Å². The zero-order chi connectivity index (χ0) is 23.4. The summed E-state index contributed by atoms with van der Waals surface area (Å²) in [5, 5.41) is 13.3. The van der Waals surface area contributed by atoms with Gasteiger partial charge in [-0.05, 0) is 61.0 Å². The van der Waals surface area contributed by atoms with Crippen molar-refractivity contribution in [1.29, 1.82) is 0 Å². The number of methoxy groups -OCH3 is 1. The molecule has 4 aromatic rings. The van der Waals surface area contributed by atoms with Crippen molar-refractivity contribution in [3.8, 4) is 22.8 Å². The highest BCUT2D eigenvalue weighted by Gasteiger charge is 2.19. The van der Waals surface area contributed by atoms with Gasteiger partial charge in [0.25, 0.3) is 0 Å². The summed E-state index contributed by atoms with van der Waals surface area (Å²) in [6.07, 6.45) is 0. The highest BCUT2D eigenvalue weighted by Crippen LogP contribution is 2.32. The number of ether oxygens (including phenoxy) is 1. The molecule has 0 spiro atoms. The molecule has 0 aliphatic carbocycles. The van der Waals surface area contributed by atoms with Crippen LogP contribution in [-0.2, 0) is 4.79 Å². The fourth-order valence-electron chi connectivity index (χ4n) is 3.24. The minimum atomic E-state index is -0.186. The number of aromatic nitrogens is 3. The molecule has 6 nitrogen and oxygen atoms in total. The van der Waals surface area contributed by atoms with E-state index in [4.69, 9.17) is 27.9 Å². The van der Waals surface area contributed by atoms with Crippen molar-refractivity contribution in [2.45, 2.75) is 12.1 Å². The molecule has 0 saturated heterocycles. The Morgan fingerprint density at radius 3 is 2.55 bits per heavy atom. The van der Waals surface area contributed by atoms with Crippen molar-refractivity contribution in [1.82, 2.24) is 14.8 Å². The van der Waals surface area contributed by atoms with Gasteiger partial charge >= 0.3 is 0 Å². The van der Waals surface area contributed by atoms with Crippen LogP contribution in [0, 0.1) is 6.92 Å². The van der Waals surface area contributed by atoms with Crippen LogP contribution in [0.4, 0.5) is 5.69 Å². The molecule has 1 N–H and O–H groups in total. The number of nitrogens with zero attached hydrogens (tertiary/aromatic N) is 3. The zero-order valence-electron chi connectivity index (χ0n) is 17.9. The summed E-state index contributed by atoms with van der Waals surface area (Å²) in [6.45, 7) is 1.95. The molecule has 0 unspecified atom stereocenters. The third-order valence-corrected chi connectivity index (χ3v) is 6.30. The van der Waals surface area contributed by atoms with E-state index in [2.05, 4.69) is 15.5 Å². The van der Waals surface area contributed by atoms with Gasteiger partial charge in [-0.15, -0.1) is 10.2 Å². The third kappa shape index (κ3) is 5.33. The van der Waals surface area contributed by atoms with E-state index in [0.29, 0.717) is 32.5 Å². The second-order valence-electron chi connectivity index (χ2n) is 7.14. The maximum absolute atomic E-state index is 12.7. The predicted octanol–water partition coefficient (Wildman–Crippen LogP) is 6.29. The number of aryl methyl sites for hydroxylation is 1. The number of amides is 1. The van der Waals surface area contributed by atoms with E-state index in [1.165, 1.54) is 11.8 Å². The lowest BCUT2D eigenvalue weighted by Gasteiger charge is -2.12. The molecule has 4 rings (SSSR count). The molecule has 1 heterocycles. The number of thioether (sulfide) groups is 1. The van der Waals surface area contributed by atoms with Crippen LogP contribution in [0.3, 0.4) is 0 Å². The van der Waals surface area contributed by atoms with Crippen molar-refractivity contribution in [3.05, 3.63) is 82.3 Å². The lowest BCUT2D eigenvalue weighted by molar-refractivity contribution is -0.113. The molecule has 0 aliphatic rings. The summed E-state index contributed by atoms with van der Waals surface area (Å²) < 4.78 is 7.21. The Bertz CT molecular complexity index is 1290. The van der Waals surface area contributed by atoms with Crippen LogP contribution in [0.5, 0.6) is 5.75 Å². The fraction of sp³-hybridized carbons (Fsp3) is 0.125. The number of hydrogen-bond donors (Lipinski definition) is 1. The van der Waals surface area contributed by atoms with Crippen molar-refractivity contribution in [2.75, 3.05) is 18.2 Å². The van der Waals surface area contributed by atoms with Gasteiger partial charge in [0.15, 0.2) is 11.0 Å². The Morgan fingerprint density at radius 2 is 1.82 bits per heavy atom. The number of halogens is 2. The van der Waals surface area contributed by atoms with Crippen molar-refractivity contribution in [3.63, 3.8) is 0 Å². The van der Waals surface area contributed by atoms with Crippen LogP contribution in [0.1, 0.15) is 5.56 Å². The number of nitrogens with one attached hydrogen (secondary N) is 1. The predicted molar refractivity (Wildman–Crippen MR) is 134 cm³/mol. The molecule has 0 aliphatic heterocycles. The topological polar surface area (TPSA) is 69.0 Å². The lowest BCUT2D eigenvalue weighted by atomic mass is 10.2. The van der Waals surface area contributed by atoms with Gasteiger partial charge < -0.3 is 10.1 Å². The van der Waals surface area contributed by atoms with Crippen LogP contribution in [0.15, 0.2) is 71.9 Å². The molecule has 1 amide bonds. The van der Waals surface area contributed by atoms with Crippen molar-refractivity contribution >= 4 is 46.6 Å². The van der Waals surface area contributed by atoms with Gasteiger partial charge in [0.2, 0.25) is 5.91 Å². The summed E-state index contributed by atoms with van der Waals surface area (Å²) in [5.74, 6) is 1.12. The first kappa shape index (κ1) is 23.2. The Hall–Kier alpha value is -3.00. The number of benzene rings is 3. The van der Waals surface area contributed by atoms with E-state index >= 15 is 0 Å². The number of carbonyl (C=O) groups is 1. The van der Waals surface area contributed by atoms with Crippen molar-refractivity contribution in [2.24, 2.45) is 0 Å². The monoisotopic (exact) mass is 498 g/mol. The maximum atomic E-state index is 12.7. The highest BCUT2D eigenvalue weighted by molar-refractivity contribution is 7.99. The average Bonchev–Trinajstić information content (AvgIpc) is 3.22. The fourth-order valence-corrected chi connectivity index (χ4v) is 4.34. The van der Waals surface area contributed by atoms with E-state index in [0.717, 1.165) is 16.8 Å². The number of hydrogen-bond acceptors (Lipinski definition) is 5. The van der Waals surface area contributed by atoms with Gasteiger partial charge in [-0.3, -0.25) is 9.36 Å². The first-order valence-electron chi connectivity index (χ1n) is 10.00.